The molecule has 0 aromatic rings. The number of rotatable bonds is 11. The zero-order valence-corrected chi connectivity index (χ0v) is 12.6. The fourth-order valence-corrected chi connectivity index (χ4v) is 2.52. The molecule has 0 unspecified atom stereocenters. The Labute approximate surface area is 118 Å². The fraction of sp³-hybridized carbons (Fsp3) is 0.938. The maximum atomic E-state index is 11.7. The molecule has 1 aliphatic heterocycles. The van der Waals surface area contributed by atoms with E-state index in [2.05, 4.69) is 12.2 Å². The van der Waals surface area contributed by atoms with Crippen LogP contribution in [0, 0.1) is 0 Å². The molecule has 1 rings (SSSR count). The first-order valence-electron chi connectivity index (χ1n) is 8.17. The molecule has 1 N–H and O–H groups in total. The van der Waals surface area contributed by atoms with Crippen LogP contribution in [0.25, 0.3) is 0 Å². The lowest BCUT2D eigenvalue weighted by atomic mass is 10.1. The van der Waals surface area contributed by atoms with Crippen LogP contribution < -0.4 is 5.32 Å². The van der Waals surface area contributed by atoms with Gasteiger partial charge in [-0.05, 0) is 32.4 Å². The number of piperidine rings is 1. The van der Waals surface area contributed by atoms with Crippen LogP contribution in [0.15, 0.2) is 0 Å². The molecule has 1 heterocycles. The van der Waals surface area contributed by atoms with Crippen molar-refractivity contribution < 1.29 is 9.53 Å². The molecule has 0 aliphatic carbocycles. The van der Waals surface area contributed by atoms with E-state index in [-0.39, 0.29) is 5.78 Å². The molecule has 3 heteroatoms. The van der Waals surface area contributed by atoms with Gasteiger partial charge in [-0.25, -0.2) is 0 Å². The predicted molar refractivity (Wildman–Crippen MR) is 79.5 cm³/mol. The molecule has 112 valence electrons. The third-order valence-electron chi connectivity index (χ3n) is 3.83. The Kier molecular flexibility index (Phi) is 10.0. The van der Waals surface area contributed by atoms with Crippen molar-refractivity contribution in [3.8, 4) is 0 Å². The van der Waals surface area contributed by atoms with E-state index in [1.54, 1.807) is 0 Å². The lowest BCUT2D eigenvalue weighted by Crippen LogP contribution is -2.33. The van der Waals surface area contributed by atoms with Gasteiger partial charge in [0.05, 0.1) is 6.10 Å². The molecule has 0 spiro atoms. The van der Waals surface area contributed by atoms with Gasteiger partial charge in [0.1, 0.15) is 6.61 Å². The summed E-state index contributed by atoms with van der Waals surface area (Å²) in [4.78, 5) is 11.7. The van der Waals surface area contributed by atoms with Crippen molar-refractivity contribution in [2.45, 2.75) is 77.2 Å². The van der Waals surface area contributed by atoms with E-state index in [9.17, 15) is 4.79 Å². The smallest absolute Gasteiger partial charge is 0.158 e. The predicted octanol–water partition coefficient (Wildman–Crippen LogP) is 3.46. The number of unbranched alkanes of at least 4 members (excludes halogenated alkanes) is 6. The Morgan fingerprint density at radius 3 is 2.37 bits per heavy atom. The van der Waals surface area contributed by atoms with Gasteiger partial charge >= 0.3 is 0 Å². The lowest BCUT2D eigenvalue weighted by molar-refractivity contribution is -0.126. The summed E-state index contributed by atoms with van der Waals surface area (Å²) in [6.07, 6.45) is 12.0. The van der Waals surface area contributed by atoms with Gasteiger partial charge in [-0.1, -0.05) is 45.4 Å². The van der Waals surface area contributed by atoms with Gasteiger partial charge in [-0.3, -0.25) is 4.79 Å². The van der Waals surface area contributed by atoms with E-state index in [1.165, 1.54) is 38.5 Å². The van der Waals surface area contributed by atoms with Gasteiger partial charge in [-0.15, -0.1) is 0 Å². The summed E-state index contributed by atoms with van der Waals surface area (Å²) >= 11 is 0. The van der Waals surface area contributed by atoms with Crippen LogP contribution in [0.1, 0.15) is 71.1 Å². The highest BCUT2D eigenvalue weighted by Gasteiger charge is 2.14. The van der Waals surface area contributed by atoms with Crippen LogP contribution in [-0.2, 0) is 9.53 Å². The van der Waals surface area contributed by atoms with E-state index in [1.807, 2.05) is 0 Å². The summed E-state index contributed by atoms with van der Waals surface area (Å²) in [6.45, 7) is 4.62. The number of hydrogen-bond donors (Lipinski definition) is 1. The Morgan fingerprint density at radius 1 is 1.05 bits per heavy atom. The third-order valence-corrected chi connectivity index (χ3v) is 3.83. The second-order valence-corrected chi connectivity index (χ2v) is 5.67. The van der Waals surface area contributed by atoms with E-state index < -0.39 is 0 Å². The normalized spacial score (nSPS) is 16.7. The van der Waals surface area contributed by atoms with E-state index in [4.69, 9.17) is 4.74 Å². The zero-order valence-electron chi connectivity index (χ0n) is 12.6. The monoisotopic (exact) mass is 269 g/mol. The quantitative estimate of drug-likeness (QED) is 0.584. The first kappa shape index (κ1) is 16.6. The number of ether oxygens (including phenoxy) is 1. The number of carbonyl (C=O) groups is 1. The van der Waals surface area contributed by atoms with Crippen LogP contribution in [0.2, 0.25) is 0 Å². The largest absolute Gasteiger partial charge is 0.370 e. The minimum Gasteiger partial charge on any atom is -0.370 e. The number of carbonyl (C=O) groups excluding carboxylic acids is 1. The van der Waals surface area contributed by atoms with Crippen molar-refractivity contribution in [3.05, 3.63) is 0 Å². The molecule has 0 bridgehead atoms. The summed E-state index contributed by atoms with van der Waals surface area (Å²) in [5.41, 5.74) is 0. The fourth-order valence-electron chi connectivity index (χ4n) is 2.52. The van der Waals surface area contributed by atoms with Crippen LogP contribution in [0.3, 0.4) is 0 Å². The van der Waals surface area contributed by atoms with Crippen LogP contribution in [-0.4, -0.2) is 31.6 Å². The highest BCUT2D eigenvalue weighted by atomic mass is 16.5. The first-order valence-corrected chi connectivity index (χ1v) is 8.17. The molecule has 1 aliphatic rings. The number of hydrogen-bond acceptors (Lipinski definition) is 3. The van der Waals surface area contributed by atoms with Gasteiger partial charge in [0.2, 0.25) is 0 Å². The topological polar surface area (TPSA) is 38.3 Å². The highest BCUT2D eigenvalue weighted by molar-refractivity contribution is 5.79. The zero-order chi connectivity index (χ0) is 13.8. The lowest BCUT2D eigenvalue weighted by Gasteiger charge is -2.22. The summed E-state index contributed by atoms with van der Waals surface area (Å²) in [5.74, 6) is 0.284. The molecule has 0 aromatic heterocycles. The van der Waals surface area contributed by atoms with Gasteiger partial charge < -0.3 is 10.1 Å². The van der Waals surface area contributed by atoms with E-state index in [0.717, 1.165) is 32.4 Å². The summed E-state index contributed by atoms with van der Waals surface area (Å²) in [5, 5.41) is 3.30. The van der Waals surface area contributed by atoms with Crippen molar-refractivity contribution in [1.29, 1.82) is 0 Å². The van der Waals surface area contributed by atoms with Gasteiger partial charge in [0.15, 0.2) is 5.78 Å². The van der Waals surface area contributed by atoms with Gasteiger partial charge in [0.25, 0.3) is 0 Å². The molecule has 0 amide bonds. The SMILES string of the molecule is CCCCCCCCCC(=O)COC1CCNCC1. The number of ketones is 1. The minimum absolute atomic E-state index is 0.284. The van der Waals surface area contributed by atoms with Crippen molar-refractivity contribution in [2.75, 3.05) is 19.7 Å². The molecule has 0 radical (unpaired) electrons. The van der Waals surface area contributed by atoms with Crippen molar-refractivity contribution in [3.63, 3.8) is 0 Å². The van der Waals surface area contributed by atoms with E-state index >= 15 is 0 Å². The molecule has 1 fully saturated rings. The second-order valence-electron chi connectivity index (χ2n) is 5.67. The Morgan fingerprint density at radius 2 is 1.68 bits per heavy atom. The van der Waals surface area contributed by atoms with Crippen LogP contribution in [0.5, 0.6) is 0 Å². The average Bonchev–Trinajstić information content (AvgIpc) is 2.45. The van der Waals surface area contributed by atoms with Crippen molar-refractivity contribution in [1.82, 2.24) is 5.32 Å². The van der Waals surface area contributed by atoms with Crippen LogP contribution in [0.4, 0.5) is 0 Å². The number of nitrogens with one attached hydrogen (secondary N) is 1. The first-order chi connectivity index (χ1) is 9.33. The molecular weight excluding hydrogens is 238 g/mol. The summed E-state index contributed by atoms with van der Waals surface area (Å²) < 4.78 is 5.67. The summed E-state index contributed by atoms with van der Waals surface area (Å²) in [7, 11) is 0. The molecule has 1 saturated heterocycles. The number of Topliss-reactive ketones (excluding diaryl/α,β-unsaturated/α-hetero) is 1. The molecule has 19 heavy (non-hydrogen) atoms. The Balaban J connectivity index is 1.87. The molecule has 0 aromatic carbocycles. The summed E-state index contributed by atoms with van der Waals surface area (Å²) in [6, 6.07) is 0. The highest BCUT2D eigenvalue weighted by Crippen LogP contribution is 2.10. The average molecular weight is 269 g/mol. The van der Waals surface area contributed by atoms with Gasteiger partial charge in [0, 0.05) is 6.42 Å². The minimum atomic E-state index is 0.284. The maximum Gasteiger partial charge on any atom is 0.158 e. The molecule has 3 nitrogen and oxygen atoms in total. The van der Waals surface area contributed by atoms with Crippen molar-refractivity contribution >= 4 is 5.78 Å². The van der Waals surface area contributed by atoms with Crippen molar-refractivity contribution in [2.24, 2.45) is 0 Å². The third kappa shape index (κ3) is 9.17. The Bertz CT molecular complexity index is 225. The van der Waals surface area contributed by atoms with E-state index in [0.29, 0.717) is 19.1 Å². The Hall–Kier alpha value is -0.410. The van der Waals surface area contributed by atoms with Gasteiger partial charge in [-0.2, -0.15) is 0 Å². The van der Waals surface area contributed by atoms with Crippen LogP contribution >= 0.6 is 0 Å². The molecule has 0 atom stereocenters. The second kappa shape index (κ2) is 11.4. The molecule has 0 saturated carbocycles. The maximum absolute atomic E-state index is 11.7. The standard InChI is InChI=1S/C16H31NO2/c1-2-3-4-5-6-7-8-9-15(18)14-19-16-10-12-17-13-11-16/h16-17H,2-14H2,1H3. The molecular formula is C16H31NO2.